The number of hydrogen-bond acceptors (Lipinski definition) is 4. The van der Waals surface area contributed by atoms with Crippen molar-refractivity contribution < 1.29 is 14.3 Å². The van der Waals surface area contributed by atoms with Crippen LogP contribution in [-0.2, 0) is 9.59 Å². The Kier molecular flexibility index (Phi) is 4.70. The minimum Gasteiger partial charge on any atom is -0.484 e. The number of anilines is 2. The number of pyridine rings is 1. The molecule has 0 saturated heterocycles. The van der Waals surface area contributed by atoms with Gasteiger partial charge in [0.25, 0.3) is 5.91 Å². The van der Waals surface area contributed by atoms with Crippen LogP contribution in [0.3, 0.4) is 0 Å². The van der Waals surface area contributed by atoms with Gasteiger partial charge in [0.05, 0.1) is 5.52 Å². The lowest BCUT2D eigenvalue weighted by Gasteiger charge is -2.09. The molecule has 1 heterocycles. The van der Waals surface area contributed by atoms with Crippen molar-refractivity contribution in [1.82, 2.24) is 4.98 Å². The summed E-state index contributed by atoms with van der Waals surface area (Å²) >= 11 is 0. The number of fused-ring (bicyclic) bond motifs is 1. The summed E-state index contributed by atoms with van der Waals surface area (Å²) in [5.41, 5.74) is 1.48. The Labute approximate surface area is 156 Å². The molecule has 6 nitrogen and oxygen atoms in total. The highest BCUT2D eigenvalue weighted by Crippen LogP contribution is 2.30. The number of aromatic nitrogens is 1. The highest BCUT2D eigenvalue weighted by molar-refractivity contribution is 5.94. The third kappa shape index (κ3) is 4.41. The molecule has 1 fully saturated rings. The largest absolute Gasteiger partial charge is 0.484 e. The lowest BCUT2D eigenvalue weighted by Crippen LogP contribution is -2.20. The molecular weight excluding hydrogens is 342 g/mol. The topological polar surface area (TPSA) is 80.3 Å². The molecule has 0 atom stereocenters. The number of hydrogen-bond donors (Lipinski definition) is 2. The van der Waals surface area contributed by atoms with Gasteiger partial charge in [-0.15, -0.1) is 0 Å². The Morgan fingerprint density at radius 2 is 1.85 bits per heavy atom. The van der Waals surface area contributed by atoms with Crippen LogP contribution in [0, 0.1) is 5.92 Å². The predicted molar refractivity (Wildman–Crippen MR) is 104 cm³/mol. The van der Waals surface area contributed by atoms with Crippen molar-refractivity contribution in [3.63, 3.8) is 0 Å². The van der Waals surface area contributed by atoms with Crippen LogP contribution in [0.4, 0.5) is 11.5 Å². The van der Waals surface area contributed by atoms with Crippen LogP contribution >= 0.6 is 0 Å². The van der Waals surface area contributed by atoms with Gasteiger partial charge in [-0.3, -0.25) is 9.59 Å². The van der Waals surface area contributed by atoms with E-state index in [0.717, 1.165) is 23.7 Å². The van der Waals surface area contributed by atoms with Crippen LogP contribution in [0.2, 0.25) is 0 Å². The summed E-state index contributed by atoms with van der Waals surface area (Å²) in [6, 6.07) is 18.4. The van der Waals surface area contributed by atoms with Gasteiger partial charge in [0.1, 0.15) is 11.6 Å². The van der Waals surface area contributed by atoms with Crippen LogP contribution in [0.5, 0.6) is 5.75 Å². The molecule has 1 aliphatic carbocycles. The number of carbonyl (C=O) groups is 2. The molecule has 1 aromatic heterocycles. The van der Waals surface area contributed by atoms with Crippen molar-refractivity contribution in [3.8, 4) is 5.75 Å². The fourth-order valence-electron chi connectivity index (χ4n) is 2.72. The highest BCUT2D eigenvalue weighted by atomic mass is 16.5. The maximum atomic E-state index is 12.1. The van der Waals surface area contributed by atoms with Crippen LogP contribution in [0.15, 0.2) is 60.7 Å². The van der Waals surface area contributed by atoms with Gasteiger partial charge in [-0.1, -0.05) is 24.3 Å². The monoisotopic (exact) mass is 361 g/mol. The number of rotatable bonds is 6. The van der Waals surface area contributed by atoms with E-state index < -0.39 is 0 Å². The number of nitrogens with zero attached hydrogens (tertiary/aromatic N) is 1. The predicted octanol–water partition coefficient (Wildman–Crippen LogP) is 3.60. The van der Waals surface area contributed by atoms with Gasteiger partial charge >= 0.3 is 0 Å². The van der Waals surface area contributed by atoms with Crippen LogP contribution < -0.4 is 15.4 Å². The van der Waals surface area contributed by atoms with Crippen molar-refractivity contribution in [1.29, 1.82) is 0 Å². The van der Waals surface area contributed by atoms with Crippen molar-refractivity contribution in [2.75, 3.05) is 17.2 Å². The zero-order chi connectivity index (χ0) is 18.6. The number of benzene rings is 2. The summed E-state index contributed by atoms with van der Waals surface area (Å²) in [5.74, 6) is 0.866. The minimum absolute atomic E-state index is 0.0345. The second kappa shape index (κ2) is 7.45. The summed E-state index contributed by atoms with van der Waals surface area (Å²) < 4.78 is 5.53. The summed E-state index contributed by atoms with van der Waals surface area (Å²) in [6.07, 6.45) is 1.90. The van der Waals surface area contributed by atoms with Gasteiger partial charge in [-0.2, -0.15) is 0 Å². The molecule has 0 spiro atoms. The molecule has 27 heavy (non-hydrogen) atoms. The minimum atomic E-state index is -0.301. The van der Waals surface area contributed by atoms with E-state index in [1.807, 2.05) is 30.3 Å². The van der Waals surface area contributed by atoms with E-state index in [9.17, 15) is 9.59 Å². The first-order valence-electron chi connectivity index (χ1n) is 8.87. The molecule has 2 amide bonds. The third-order valence-electron chi connectivity index (χ3n) is 4.29. The van der Waals surface area contributed by atoms with E-state index in [0.29, 0.717) is 17.3 Å². The van der Waals surface area contributed by atoms with Gasteiger partial charge < -0.3 is 15.4 Å². The number of nitrogens with one attached hydrogen (secondary N) is 2. The molecule has 2 aromatic carbocycles. The molecular formula is C21H19N3O3. The fourth-order valence-corrected chi connectivity index (χ4v) is 2.72. The van der Waals surface area contributed by atoms with Crippen LogP contribution in [-0.4, -0.2) is 23.4 Å². The quantitative estimate of drug-likeness (QED) is 0.703. The average Bonchev–Trinajstić information content (AvgIpc) is 3.52. The normalized spacial score (nSPS) is 13.2. The summed E-state index contributed by atoms with van der Waals surface area (Å²) in [5, 5.41) is 6.60. The fraction of sp³-hybridized carbons (Fsp3) is 0.190. The molecule has 1 aliphatic rings. The molecule has 0 bridgehead atoms. The summed E-state index contributed by atoms with van der Waals surface area (Å²) in [4.78, 5) is 28.4. The number of para-hydroxylation sites is 1. The number of ether oxygens (including phenoxy) is 1. The Morgan fingerprint density at radius 1 is 1.00 bits per heavy atom. The number of amides is 2. The number of carbonyl (C=O) groups excluding carboxylic acids is 2. The van der Waals surface area contributed by atoms with Crippen molar-refractivity contribution in [2.24, 2.45) is 5.92 Å². The second-order valence-corrected chi connectivity index (χ2v) is 6.52. The lowest BCUT2D eigenvalue weighted by atomic mass is 10.2. The third-order valence-corrected chi connectivity index (χ3v) is 4.29. The molecule has 2 N–H and O–H groups in total. The lowest BCUT2D eigenvalue weighted by molar-refractivity contribution is -0.118. The van der Waals surface area contributed by atoms with E-state index in [4.69, 9.17) is 4.74 Å². The van der Waals surface area contributed by atoms with Crippen LogP contribution in [0.1, 0.15) is 12.8 Å². The van der Waals surface area contributed by atoms with Gasteiger partial charge in [-0.05, 0) is 43.2 Å². The Balaban J connectivity index is 1.33. The van der Waals surface area contributed by atoms with E-state index in [1.54, 1.807) is 30.3 Å². The Hall–Kier alpha value is -3.41. The zero-order valence-electron chi connectivity index (χ0n) is 14.6. The van der Waals surface area contributed by atoms with Gasteiger partial charge in [-0.25, -0.2) is 4.98 Å². The van der Waals surface area contributed by atoms with E-state index in [-0.39, 0.29) is 24.3 Å². The first-order valence-corrected chi connectivity index (χ1v) is 8.87. The molecule has 0 radical (unpaired) electrons. The Bertz CT molecular complexity index is 999. The van der Waals surface area contributed by atoms with Gasteiger partial charge in [0.15, 0.2) is 6.61 Å². The standard InChI is InChI=1S/C21H19N3O3/c25-20(24-19-11-10-14-4-1-2-7-18(14)23-19)13-27-17-6-3-5-16(12-17)22-21(26)15-8-9-15/h1-7,10-12,15H,8-9,13H2,(H,22,26)(H,23,24,25). The summed E-state index contributed by atoms with van der Waals surface area (Å²) in [7, 11) is 0. The SMILES string of the molecule is O=C(COc1cccc(NC(=O)C2CC2)c1)Nc1ccc2ccccc2n1. The van der Waals surface area contributed by atoms with Crippen molar-refractivity contribution in [2.45, 2.75) is 12.8 Å². The van der Waals surface area contributed by atoms with Gasteiger partial charge in [0, 0.05) is 23.1 Å². The molecule has 1 saturated carbocycles. The van der Waals surface area contributed by atoms with Crippen molar-refractivity contribution in [3.05, 3.63) is 60.7 Å². The zero-order valence-corrected chi connectivity index (χ0v) is 14.6. The average molecular weight is 361 g/mol. The maximum absolute atomic E-state index is 12.1. The Morgan fingerprint density at radius 3 is 2.70 bits per heavy atom. The van der Waals surface area contributed by atoms with Crippen LogP contribution in [0.25, 0.3) is 10.9 Å². The smallest absolute Gasteiger partial charge is 0.263 e. The molecule has 136 valence electrons. The molecule has 0 aliphatic heterocycles. The molecule has 3 aromatic rings. The highest BCUT2D eigenvalue weighted by Gasteiger charge is 2.29. The van der Waals surface area contributed by atoms with E-state index >= 15 is 0 Å². The second-order valence-electron chi connectivity index (χ2n) is 6.52. The first kappa shape index (κ1) is 17.0. The van der Waals surface area contributed by atoms with Crippen molar-refractivity contribution >= 4 is 34.2 Å². The molecule has 6 heteroatoms. The first-order chi connectivity index (χ1) is 13.2. The summed E-state index contributed by atoms with van der Waals surface area (Å²) in [6.45, 7) is -0.144. The van der Waals surface area contributed by atoms with E-state index in [1.165, 1.54) is 0 Å². The molecule has 0 unspecified atom stereocenters. The van der Waals surface area contributed by atoms with E-state index in [2.05, 4.69) is 15.6 Å². The van der Waals surface area contributed by atoms with Gasteiger partial charge in [0.2, 0.25) is 5.91 Å². The maximum Gasteiger partial charge on any atom is 0.263 e. The molecule has 4 rings (SSSR count).